The lowest BCUT2D eigenvalue weighted by molar-refractivity contribution is 0.0994. The molecule has 0 saturated heterocycles. The number of carbonyl (C=O) groups excluding carboxylic acids is 1. The third-order valence-corrected chi connectivity index (χ3v) is 7.14. The molecule has 7 nitrogen and oxygen atoms in total. The van der Waals surface area contributed by atoms with E-state index in [0.717, 1.165) is 5.56 Å². The topological polar surface area (TPSA) is 94.2 Å². The van der Waals surface area contributed by atoms with Gasteiger partial charge in [0.2, 0.25) is 0 Å². The molecule has 0 saturated carbocycles. The van der Waals surface area contributed by atoms with Gasteiger partial charge in [-0.15, -0.1) is 0 Å². The molecule has 2 aromatic carbocycles. The second-order valence-electron chi connectivity index (χ2n) is 6.88. The van der Waals surface area contributed by atoms with E-state index in [1.165, 1.54) is 30.5 Å². The number of sulfone groups is 1. The standard InChI is InChI=1S/C22H17Cl2N3O4S/c23-18-8-4-5-15(21(18)24)13-27-20(11-12-25-27)26-22(28)19-10-9-16(31-19)14-32(29,30)17-6-2-1-3-7-17/h1-12H,13-14H2,(H,26,28). The van der Waals surface area contributed by atoms with Gasteiger partial charge in [0.05, 0.1) is 27.7 Å². The van der Waals surface area contributed by atoms with Crippen LogP contribution in [-0.2, 0) is 22.1 Å². The van der Waals surface area contributed by atoms with E-state index in [4.69, 9.17) is 27.6 Å². The minimum absolute atomic E-state index is 0.0169. The predicted molar refractivity (Wildman–Crippen MR) is 122 cm³/mol. The number of benzene rings is 2. The summed E-state index contributed by atoms with van der Waals surface area (Å²) in [6.45, 7) is 0.292. The maximum atomic E-state index is 12.6. The highest BCUT2D eigenvalue weighted by Crippen LogP contribution is 2.27. The van der Waals surface area contributed by atoms with Gasteiger partial charge in [-0.2, -0.15) is 5.10 Å². The minimum Gasteiger partial charge on any atom is -0.455 e. The molecule has 0 radical (unpaired) electrons. The van der Waals surface area contributed by atoms with E-state index in [-0.39, 0.29) is 22.2 Å². The van der Waals surface area contributed by atoms with Crippen molar-refractivity contribution in [2.75, 3.05) is 5.32 Å². The van der Waals surface area contributed by atoms with E-state index in [9.17, 15) is 13.2 Å². The highest BCUT2D eigenvalue weighted by molar-refractivity contribution is 7.90. The first-order chi connectivity index (χ1) is 15.3. The number of hydrogen-bond acceptors (Lipinski definition) is 5. The molecule has 0 aliphatic heterocycles. The quantitative estimate of drug-likeness (QED) is 0.391. The number of rotatable bonds is 7. The van der Waals surface area contributed by atoms with Crippen molar-refractivity contribution < 1.29 is 17.6 Å². The molecule has 0 atom stereocenters. The van der Waals surface area contributed by atoms with Crippen molar-refractivity contribution in [2.45, 2.75) is 17.2 Å². The van der Waals surface area contributed by atoms with Crippen LogP contribution in [0.1, 0.15) is 21.9 Å². The third kappa shape index (κ3) is 4.88. The molecule has 4 aromatic rings. The van der Waals surface area contributed by atoms with Gasteiger partial charge in [-0.25, -0.2) is 13.1 Å². The number of halogens is 2. The number of aromatic nitrogens is 2. The van der Waals surface area contributed by atoms with Crippen molar-refractivity contribution in [1.29, 1.82) is 0 Å². The molecule has 10 heteroatoms. The fraction of sp³-hybridized carbons (Fsp3) is 0.0909. The van der Waals surface area contributed by atoms with Gasteiger partial charge in [0.1, 0.15) is 17.3 Å². The fourth-order valence-electron chi connectivity index (χ4n) is 3.05. The van der Waals surface area contributed by atoms with Crippen LogP contribution >= 0.6 is 23.2 Å². The van der Waals surface area contributed by atoms with Gasteiger partial charge in [0, 0.05) is 6.07 Å². The summed E-state index contributed by atoms with van der Waals surface area (Å²) in [5, 5.41) is 7.76. The zero-order chi connectivity index (χ0) is 22.7. The summed E-state index contributed by atoms with van der Waals surface area (Å²) in [5.74, 6) is -0.321. The first-order valence-corrected chi connectivity index (χ1v) is 11.9. The minimum atomic E-state index is -3.59. The van der Waals surface area contributed by atoms with Gasteiger partial charge >= 0.3 is 0 Å². The smallest absolute Gasteiger partial charge is 0.292 e. The molecule has 2 heterocycles. The first-order valence-electron chi connectivity index (χ1n) is 9.46. The SMILES string of the molecule is O=C(Nc1ccnn1Cc1cccc(Cl)c1Cl)c1ccc(CS(=O)(=O)c2ccccc2)o1. The Bertz CT molecular complexity index is 1360. The maximum Gasteiger partial charge on any atom is 0.292 e. The molecular formula is C22H17Cl2N3O4S. The van der Waals surface area contributed by atoms with E-state index >= 15 is 0 Å². The summed E-state index contributed by atoms with van der Waals surface area (Å²) in [6, 6.07) is 17.9. The molecule has 2 aromatic heterocycles. The molecular weight excluding hydrogens is 473 g/mol. The average Bonchev–Trinajstić information content (AvgIpc) is 3.41. The molecule has 164 valence electrons. The number of amides is 1. The summed E-state index contributed by atoms with van der Waals surface area (Å²) in [6.07, 6.45) is 1.54. The normalized spacial score (nSPS) is 11.4. The predicted octanol–water partition coefficient (Wildman–Crippen LogP) is 5.06. The lowest BCUT2D eigenvalue weighted by atomic mass is 10.2. The fourth-order valence-corrected chi connectivity index (χ4v) is 4.70. The van der Waals surface area contributed by atoms with Crippen molar-refractivity contribution in [3.8, 4) is 0 Å². The van der Waals surface area contributed by atoms with E-state index in [1.807, 2.05) is 6.07 Å². The van der Waals surface area contributed by atoms with Crippen LogP contribution in [-0.4, -0.2) is 24.1 Å². The van der Waals surface area contributed by atoms with Crippen molar-refractivity contribution in [3.05, 3.63) is 100 Å². The summed E-state index contributed by atoms with van der Waals surface area (Å²) >= 11 is 12.3. The van der Waals surface area contributed by atoms with E-state index in [1.54, 1.807) is 41.1 Å². The number of anilines is 1. The summed E-state index contributed by atoms with van der Waals surface area (Å²) in [5.41, 5.74) is 0.741. The van der Waals surface area contributed by atoms with Crippen LogP contribution in [0.25, 0.3) is 0 Å². The van der Waals surface area contributed by atoms with E-state index < -0.39 is 15.7 Å². The van der Waals surface area contributed by atoms with Gasteiger partial charge in [0.15, 0.2) is 15.6 Å². The van der Waals surface area contributed by atoms with Gasteiger partial charge in [-0.3, -0.25) is 4.79 Å². The number of nitrogens with zero attached hydrogens (tertiary/aromatic N) is 2. The van der Waals surface area contributed by atoms with Gasteiger partial charge < -0.3 is 9.73 Å². The van der Waals surface area contributed by atoms with Crippen LogP contribution in [0.2, 0.25) is 10.0 Å². The zero-order valence-corrected chi connectivity index (χ0v) is 18.9. The van der Waals surface area contributed by atoms with E-state index in [0.29, 0.717) is 22.4 Å². The van der Waals surface area contributed by atoms with Crippen LogP contribution in [0, 0.1) is 0 Å². The lowest BCUT2D eigenvalue weighted by Gasteiger charge is -2.10. The van der Waals surface area contributed by atoms with Crippen molar-refractivity contribution >= 4 is 44.8 Å². The van der Waals surface area contributed by atoms with Crippen molar-refractivity contribution in [2.24, 2.45) is 0 Å². The van der Waals surface area contributed by atoms with Crippen LogP contribution < -0.4 is 5.32 Å². The van der Waals surface area contributed by atoms with Crippen LogP contribution in [0.4, 0.5) is 5.82 Å². The number of furan rings is 1. The zero-order valence-electron chi connectivity index (χ0n) is 16.5. The average molecular weight is 490 g/mol. The molecule has 0 unspecified atom stereocenters. The molecule has 4 rings (SSSR count). The molecule has 1 N–H and O–H groups in total. The van der Waals surface area contributed by atoms with Gasteiger partial charge in [0.25, 0.3) is 5.91 Å². The molecule has 0 aliphatic rings. The van der Waals surface area contributed by atoms with E-state index in [2.05, 4.69) is 10.4 Å². The molecule has 32 heavy (non-hydrogen) atoms. The Kier molecular flexibility index (Phi) is 6.36. The summed E-state index contributed by atoms with van der Waals surface area (Å²) < 4.78 is 32.1. The molecule has 0 bridgehead atoms. The summed E-state index contributed by atoms with van der Waals surface area (Å²) in [4.78, 5) is 12.8. The number of carbonyl (C=O) groups is 1. The maximum absolute atomic E-state index is 12.6. The lowest BCUT2D eigenvalue weighted by Crippen LogP contribution is -2.15. The highest BCUT2D eigenvalue weighted by atomic mass is 35.5. The monoisotopic (exact) mass is 489 g/mol. The molecule has 0 spiro atoms. The molecule has 1 amide bonds. The Morgan fingerprint density at radius 1 is 1.00 bits per heavy atom. The first kappa shape index (κ1) is 22.1. The molecule has 0 aliphatic carbocycles. The molecule has 0 fully saturated rings. The largest absolute Gasteiger partial charge is 0.455 e. The van der Waals surface area contributed by atoms with Crippen molar-refractivity contribution in [1.82, 2.24) is 9.78 Å². The van der Waals surface area contributed by atoms with Gasteiger partial charge in [-0.05, 0) is 35.9 Å². The Labute approximate surface area is 194 Å². The second kappa shape index (κ2) is 9.20. The van der Waals surface area contributed by atoms with Gasteiger partial charge in [-0.1, -0.05) is 53.5 Å². The second-order valence-corrected chi connectivity index (χ2v) is 9.65. The third-order valence-electron chi connectivity index (χ3n) is 4.63. The van der Waals surface area contributed by atoms with Crippen LogP contribution in [0.3, 0.4) is 0 Å². The Morgan fingerprint density at radius 2 is 1.78 bits per heavy atom. The number of nitrogens with one attached hydrogen (secondary N) is 1. The number of hydrogen-bond donors (Lipinski definition) is 1. The Hall–Kier alpha value is -3.07. The van der Waals surface area contributed by atoms with Crippen LogP contribution in [0.15, 0.2) is 82.2 Å². The van der Waals surface area contributed by atoms with Crippen molar-refractivity contribution in [3.63, 3.8) is 0 Å². The van der Waals surface area contributed by atoms with Crippen LogP contribution in [0.5, 0.6) is 0 Å². The highest BCUT2D eigenvalue weighted by Gasteiger charge is 2.20. The summed E-state index contributed by atoms with van der Waals surface area (Å²) in [7, 11) is -3.59. The Morgan fingerprint density at radius 3 is 2.56 bits per heavy atom. The Balaban J connectivity index is 1.47.